The summed E-state index contributed by atoms with van der Waals surface area (Å²) >= 11 is 1.46. The van der Waals surface area contributed by atoms with Crippen LogP contribution in [-0.2, 0) is 4.79 Å². The molecule has 17 heavy (non-hydrogen) atoms. The fraction of sp³-hybridized carbons (Fsp3) is 0.545. The summed E-state index contributed by atoms with van der Waals surface area (Å²) < 4.78 is 0. The molecule has 6 heteroatoms. The van der Waals surface area contributed by atoms with E-state index < -0.39 is 12.0 Å². The van der Waals surface area contributed by atoms with Gasteiger partial charge in [-0.2, -0.15) is 0 Å². The number of amides is 1. The highest BCUT2D eigenvalue weighted by molar-refractivity contribution is 7.11. The van der Waals surface area contributed by atoms with Crippen molar-refractivity contribution in [3.63, 3.8) is 0 Å². The molecule has 1 fully saturated rings. The Morgan fingerprint density at radius 2 is 2.18 bits per heavy atom. The number of hydrogen-bond acceptors (Lipinski definition) is 4. The number of likely N-dealkylation sites (tertiary alicyclic amines) is 1. The van der Waals surface area contributed by atoms with Crippen molar-refractivity contribution < 1.29 is 14.7 Å². The molecule has 5 nitrogen and oxygen atoms in total. The van der Waals surface area contributed by atoms with Crippen LogP contribution in [0.1, 0.15) is 33.2 Å². The van der Waals surface area contributed by atoms with Gasteiger partial charge in [0.25, 0.3) is 5.91 Å². The van der Waals surface area contributed by atoms with Gasteiger partial charge < -0.3 is 10.0 Å². The molecule has 0 aliphatic carbocycles. The molecule has 1 unspecified atom stereocenters. The van der Waals surface area contributed by atoms with Crippen LogP contribution in [0.2, 0.25) is 0 Å². The van der Waals surface area contributed by atoms with Crippen molar-refractivity contribution in [2.75, 3.05) is 6.54 Å². The highest BCUT2D eigenvalue weighted by atomic mass is 32.1. The Morgan fingerprint density at radius 1 is 1.47 bits per heavy atom. The van der Waals surface area contributed by atoms with Gasteiger partial charge in [0.1, 0.15) is 11.7 Å². The van der Waals surface area contributed by atoms with Gasteiger partial charge in [-0.25, -0.2) is 9.78 Å². The standard InChI is InChI=1S/C11H14N2O3S/c1-6-9(12-7(2)17-6)10(14)13-5-3-4-8(13)11(15)16/h8H,3-5H2,1-2H3,(H,15,16). The second-order valence-electron chi connectivity index (χ2n) is 4.13. The molecule has 0 bridgehead atoms. The van der Waals surface area contributed by atoms with Crippen molar-refractivity contribution in [3.8, 4) is 0 Å². The highest BCUT2D eigenvalue weighted by Gasteiger charge is 2.35. The molecule has 1 aromatic heterocycles. The van der Waals surface area contributed by atoms with E-state index in [1.54, 1.807) is 0 Å². The first-order valence-corrected chi connectivity index (χ1v) is 6.30. The summed E-state index contributed by atoms with van der Waals surface area (Å²) in [4.78, 5) is 29.7. The number of aromatic nitrogens is 1. The van der Waals surface area contributed by atoms with Gasteiger partial charge in [-0.05, 0) is 26.7 Å². The maximum absolute atomic E-state index is 12.2. The molecule has 92 valence electrons. The maximum atomic E-state index is 12.2. The lowest BCUT2D eigenvalue weighted by molar-refractivity contribution is -0.141. The van der Waals surface area contributed by atoms with Gasteiger partial charge in [0.15, 0.2) is 0 Å². The molecule has 0 spiro atoms. The number of carboxylic acids is 1. The van der Waals surface area contributed by atoms with Crippen LogP contribution in [0.5, 0.6) is 0 Å². The first-order valence-electron chi connectivity index (χ1n) is 5.48. The molecule has 1 saturated heterocycles. The van der Waals surface area contributed by atoms with Crippen molar-refractivity contribution in [3.05, 3.63) is 15.6 Å². The molecule has 2 rings (SSSR count). The van der Waals surface area contributed by atoms with Crippen molar-refractivity contribution in [1.82, 2.24) is 9.88 Å². The summed E-state index contributed by atoms with van der Waals surface area (Å²) in [5.74, 6) is -1.18. The number of nitrogens with zero attached hydrogens (tertiary/aromatic N) is 2. The number of carboxylic acid groups (broad SMARTS) is 1. The van der Waals surface area contributed by atoms with E-state index in [2.05, 4.69) is 4.98 Å². The minimum absolute atomic E-state index is 0.253. The normalized spacial score (nSPS) is 19.6. The number of hydrogen-bond donors (Lipinski definition) is 1. The van der Waals surface area contributed by atoms with Gasteiger partial charge in [0.2, 0.25) is 0 Å². The van der Waals surface area contributed by atoms with Crippen LogP contribution >= 0.6 is 11.3 Å². The van der Waals surface area contributed by atoms with Crippen LogP contribution in [0, 0.1) is 13.8 Å². The molecule has 1 N–H and O–H groups in total. The largest absolute Gasteiger partial charge is 0.480 e. The number of carbonyl (C=O) groups excluding carboxylic acids is 1. The summed E-state index contributed by atoms with van der Waals surface area (Å²) in [6, 6.07) is -0.691. The fourth-order valence-electron chi connectivity index (χ4n) is 2.13. The Bertz CT molecular complexity index is 469. The van der Waals surface area contributed by atoms with Crippen LogP contribution in [0.3, 0.4) is 0 Å². The van der Waals surface area contributed by atoms with Crippen molar-refractivity contribution in [2.24, 2.45) is 0 Å². The third-order valence-electron chi connectivity index (χ3n) is 2.90. The van der Waals surface area contributed by atoms with E-state index in [1.807, 2.05) is 13.8 Å². The summed E-state index contributed by atoms with van der Waals surface area (Å²) in [6.45, 7) is 4.18. The Morgan fingerprint density at radius 3 is 2.71 bits per heavy atom. The zero-order valence-corrected chi connectivity index (χ0v) is 10.6. The van der Waals surface area contributed by atoms with Gasteiger partial charge in [0.05, 0.1) is 5.01 Å². The first kappa shape index (κ1) is 12.0. The lowest BCUT2D eigenvalue weighted by Crippen LogP contribution is -2.40. The third-order valence-corrected chi connectivity index (χ3v) is 3.79. The smallest absolute Gasteiger partial charge is 0.326 e. The maximum Gasteiger partial charge on any atom is 0.326 e. The fourth-order valence-corrected chi connectivity index (χ4v) is 2.94. The second kappa shape index (κ2) is 4.44. The van der Waals surface area contributed by atoms with E-state index in [9.17, 15) is 9.59 Å². The van der Waals surface area contributed by atoms with Gasteiger partial charge in [-0.15, -0.1) is 11.3 Å². The summed E-state index contributed by atoms with van der Waals surface area (Å²) in [6.07, 6.45) is 1.27. The van der Waals surface area contributed by atoms with Crippen molar-refractivity contribution >= 4 is 23.2 Å². The van der Waals surface area contributed by atoms with Crippen molar-refractivity contribution in [2.45, 2.75) is 32.7 Å². The highest BCUT2D eigenvalue weighted by Crippen LogP contribution is 2.23. The Kier molecular flexibility index (Phi) is 3.15. The quantitative estimate of drug-likeness (QED) is 0.867. The molecule has 2 heterocycles. The van der Waals surface area contributed by atoms with Gasteiger partial charge >= 0.3 is 5.97 Å². The topological polar surface area (TPSA) is 70.5 Å². The lowest BCUT2D eigenvalue weighted by atomic mass is 10.2. The SMILES string of the molecule is Cc1nc(C(=O)N2CCCC2C(=O)O)c(C)s1. The zero-order valence-electron chi connectivity index (χ0n) is 9.77. The second-order valence-corrected chi connectivity index (χ2v) is 5.54. The average molecular weight is 254 g/mol. The Balaban J connectivity index is 2.25. The summed E-state index contributed by atoms with van der Waals surface area (Å²) in [5, 5.41) is 9.87. The number of rotatable bonds is 2. The molecule has 0 aromatic carbocycles. The molecule has 1 atom stereocenters. The third kappa shape index (κ3) is 2.17. The minimum atomic E-state index is -0.930. The predicted molar refractivity (Wildman–Crippen MR) is 63.3 cm³/mol. The predicted octanol–water partition coefficient (Wildman–Crippen LogP) is 1.45. The van der Waals surface area contributed by atoms with E-state index in [0.29, 0.717) is 18.7 Å². The molecule has 1 aliphatic rings. The number of aliphatic carboxylic acids is 1. The molecule has 0 saturated carbocycles. The molecule has 1 aromatic rings. The molecule has 1 amide bonds. The molecular formula is C11H14N2O3S. The van der Waals surface area contributed by atoms with E-state index in [-0.39, 0.29) is 5.91 Å². The Labute approximate surface area is 103 Å². The van der Waals surface area contributed by atoms with Crippen LogP contribution in [0.4, 0.5) is 0 Å². The van der Waals surface area contributed by atoms with E-state index in [1.165, 1.54) is 16.2 Å². The van der Waals surface area contributed by atoms with E-state index in [4.69, 9.17) is 5.11 Å². The van der Waals surface area contributed by atoms with Crippen LogP contribution in [0.25, 0.3) is 0 Å². The van der Waals surface area contributed by atoms with E-state index >= 15 is 0 Å². The van der Waals surface area contributed by atoms with Crippen LogP contribution in [-0.4, -0.2) is 39.5 Å². The van der Waals surface area contributed by atoms with Gasteiger partial charge in [-0.1, -0.05) is 0 Å². The Hall–Kier alpha value is -1.43. The molecular weight excluding hydrogens is 240 g/mol. The van der Waals surface area contributed by atoms with Crippen LogP contribution < -0.4 is 0 Å². The molecule has 0 radical (unpaired) electrons. The van der Waals surface area contributed by atoms with Gasteiger partial charge in [0, 0.05) is 11.4 Å². The summed E-state index contributed by atoms with van der Waals surface area (Å²) in [5.41, 5.74) is 0.403. The minimum Gasteiger partial charge on any atom is -0.480 e. The van der Waals surface area contributed by atoms with Crippen molar-refractivity contribution in [1.29, 1.82) is 0 Å². The van der Waals surface area contributed by atoms with Crippen LogP contribution in [0.15, 0.2) is 0 Å². The number of carbonyl (C=O) groups is 2. The lowest BCUT2D eigenvalue weighted by Gasteiger charge is -2.20. The van der Waals surface area contributed by atoms with Gasteiger partial charge in [-0.3, -0.25) is 4.79 Å². The monoisotopic (exact) mass is 254 g/mol. The molecule has 1 aliphatic heterocycles. The number of thiazole rings is 1. The first-order chi connectivity index (χ1) is 8.00. The zero-order chi connectivity index (χ0) is 12.6. The average Bonchev–Trinajstić information content (AvgIpc) is 2.83. The van der Waals surface area contributed by atoms with E-state index in [0.717, 1.165) is 16.3 Å². The number of aryl methyl sites for hydroxylation is 2. The summed E-state index contributed by atoms with van der Waals surface area (Å²) in [7, 11) is 0.